The number of anilines is 1. The van der Waals surface area contributed by atoms with Crippen molar-refractivity contribution in [3.05, 3.63) is 16.5 Å². The van der Waals surface area contributed by atoms with Crippen molar-refractivity contribution in [2.24, 2.45) is 5.92 Å². The van der Waals surface area contributed by atoms with Gasteiger partial charge in [0.1, 0.15) is 11.0 Å². The molecule has 0 bridgehead atoms. The van der Waals surface area contributed by atoms with Gasteiger partial charge in [-0.05, 0) is 51.2 Å². The Balaban J connectivity index is 1.90. The maximum atomic E-state index is 12.0. The van der Waals surface area contributed by atoms with E-state index in [4.69, 9.17) is 9.47 Å². The predicted octanol–water partition coefficient (Wildman–Crippen LogP) is 2.99. The average molecular weight is 311 g/mol. The van der Waals surface area contributed by atoms with Crippen molar-refractivity contribution in [2.45, 2.75) is 39.7 Å². The summed E-state index contributed by atoms with van der Waals surface area (Å²) in [5, 5.41) is 3.43. The number of ether oxygens (including phenoxy) is 2. The van der Waals surface area contributed by atoms with E-state index in [1.165, 1.54) is 24.2 Å². The summed E-state index contributed by atoms with van der Waals surface area (Å²) in [4.78, 5) is 24.3. The molecule has 1 unspecified atom stereocenters. The van der Waals surface area contributed by atoms with Crippen LogP contribution in [-0.4, -0.2) is 31.2 Å². The predicted molar refractivity (Wildman–Crippen MR) is 81.8 cm³/mol. The van der Waals surface area contributed by atoms with Gasteiger partial charge in [0, 0.05) is 0 Å². The van der Waals surface area contributed by atoms with E-state index in [9.17, 15) is 9.59 Å². The highest BCUT2D eigenvalue weighted by molar-refractivity contribution is 7.18. The molecule has 0 radical (unpaired) electrons. The monoisotopic (exact) mass is 311 g/mol. The lowest BCUT2D eigenvalue weighted by Gasteiger charge is -2.11. The summed E-state index contributed by atoms with van der Waals surface area (Å²) in [5.74, 6) is 0.0884. The third kappa shape index (κ3) is 4.54. The second kappa shape index (κ2) is 7.04. The zero-order valence-electron chi connectivity index (χ0n) is 12.6. The largest absolute Gasteiger partial charge is 0.462 e. The van der Waals surface area contributed by atoms with Gasteiger partial charge in [-0.3, -0.25) is 4.79 Å². The molecule has 0 saturated heterocycles. The van der Waals surface area contributed by atoms with Crippen molar-refractivity contribution < 1.29 is 19.1 Å². The summed E-state index contributed by atoms with van der Waals surface area (Å²) < 4.78 is 10.5. The van der Waals surface area contributed by atoms with Gasteiger partial charge in [0.05, 0.1) is 18.2 Å². The maximum absolute atomic E-state index is 12.0. The van der Waals surface area contributed by atoms with E-state index >= 15 is 0 Å². The molecule has 1 aromatic rings. The first-order valence-electron chi connectivity index (χ1n) is 7.21. The van der Waals surface area contributed by atoms with Crippen LogP contribution in [0.15, 0.2) is 6.07 Å². The van der Waals surface area contributed by atoms with E-state index in [0.717, 1.165) is 5.56 Å². The van der Waals surface area contributed by atoms with Gasteiger partial charge in [-0.15, -0.1) is 11.3 Å². The van der Waals surface area contributed by atoms with E-state index in [1.807, 2.05) is 6.92 Å². The normalized spacial score (nSPS) is 15.6. The summed E-state index contributed by atoms with van der Waals surface area (Å²) in [6.07, 6.45) is 1.90. The topological polar surface area (TPSA) is 64.6 Å². The Morgan fingerprint density at radius 2 is 2.19 bits per heavy atom. The first-order valence-corrected chi connectivity index (χ1v) is 8.03. The van der Waals surface area contributed by atoms with Crippen LogP contribution < -0.4 is 5.32 Å². The maximum Gasteiger partial charge on any atom is 0.348 e. The third-order valence-corrected chi connectivity index (χ3v) is 4.41. The van der Waals surface area contributed by atoms with Crippen molar-refractivity contribution in [3.63, 3.8) is 0 Å². The first kappa shape index (κ1) is 16.0. The van der Waals surface area contributed by atoms with E-state index in [2.05, 4.69) is 5.32 Å². The van der Waals surface area contributed by atoms with Crippen LogP contribution >= 0.6 is 11.3 Å². The van der Waals surface area contributed by atoms with Crippen molar-refractivity contribution in [2.75, 3.05) is 18.5 Å². The molecule has 5 nitrogen and oxygen atoms in total. The fourth-order valence-corrected chi connectivity index (χ4v) is 2.78. The van der Waals surface area contributed by atoms with Crippen LogP contribution in [0.5, 0.6) is 0 Å². The van der Waals surface area contributed by atoms with E-state index in [-0.39, 0.29) is 11.9 Å². The van der Waals surface area contributed by atoms with Crippen LogP contribution in [0.4, 0.5) is 5.00 Å². The number of carbonyl (C=O) groups is 2. The summed E-state index contributed by atoms with van der Waals surface area (Å²) in [7, 11) is 0. The van der Waals surface area contributed by atoms with Gasteiger partial charge in [-0.2, -0.15) is 0 Å². The molecule has 21 heavy (non-hydrogen) atoms. The van der Waals surface area contributed by atoms with Crippen LogP contribution in [0.25, 0.3) is 0 Å². The van der Waals surface area contributed by atoms with E-state index in [1.54, 1.807) is 19.9 Å². The zero-order valence-corrected chi connectivity index (χ0v) is 13.4. The van der Waals surface area contributed by atoms with Gasteiger partial charge < -0.3 is 14.8 Å². The molecule has 6 heteroatoms. The van der Waals surface area contributed by atoms with Crippen LogP contribution in [0.3, 0.4) is 0 Å². The minimum absolute atomic E-state index is 0.188. The Labute approximate surface area is 128 Å². The highest BCUT2D eigenvalue weighted by atomic mass is 32.1. The second-order valence-corrected chi connectivity index (χ2v) is 6.30. The minimum atomic E-state index is -0.487. The molecule has 1 aliphatic carbocycles. The van der Waals surface area contributed by atoms with Crippen LogP contribution in [-0.2, 0) is 14.3 Å². The molecule has 1 saturated carbocycles. The first-order chi connectivity index (χ1) is 10.0. The minimum Gasteiger partial charge on any atom is -0.462 e. The van der Waals surface area contributed by atoms with Gasteiger partial charge in [0.15, 0.2) is 0 Å². The Hall–Kier alpha value is -1.40. The van der Waals surface area contributed by atoms with Gasteiger partial charge in [-0.1, -0.05) is 0 Å². The lowest BCUT2D eigenvalue weighted by atomic mass is 10.3. The Kier molecular flexibility index (Phi) is 5.36. The Morgan fingerprint density at radius 3 is 2.81 bits per heavy atom. The standard InChI is InChI=1S/C15H21NO4S/c1-4-19-15(18)13-9(2)7-12(21-13)16-14(17)10(3)20-8-11-5-6-11/h7,10-11H,4-6,8H2,1-3H3,(H,16,17). The molecule has 2 rings (SSSR count). The molecular weight excluding hydrogens is 290 g/mol. The molecule has 1 aromatic heterocycles. The van der Waals surface area contributed by atoms with E-state index < -0.39 is 6.10 Å². The second-order valence-electron chi connectivity index (χ2n) is 5.25. The number of carbonyl (C=O) groups excluding carboxylic acids is 2. The number of rotatable bonds is 7. The molecule has 0 aromatic carbocycles. The van der Waals surface area contributed by atoms with Gasteiger partial charge in [-0.25, -0.2) is 4.79 Å². The Morgan fingerprint density at radius 1 is 1.48 bits per heavy atom. The molecule has 116 valence electrons. The number of aryl methyl sites for hydroxylation is 1. The van der Waals surface area contributed by atoms with Crippen molar-refractivity contribution in [1.29, 1.82) is 0 Å². The van der Waals surface area contributed by atoms with Gasteiger partial charge in [0.2, 0.25) is 0 Å². The lowest BCUT2D eigenvalue weighted by Crippen LogP contribution is -2.28. The molecule has 1 atom stereocenters. The summed E-state index contributed by atoms with van der Waals surface area (Å²) >= 11 is 1.23. The van der Waals surface area contributed by atoms with Crippen LogP contribution in [0.2, 0.25) is 0 Å². The molecule has 1 N–H and O–H groups in total. The Bertz CT molecular complexity index is 522. The average Bonchev–Trinajstić information content (AvgIpc) is 3.19. The third-order valence-electron chi connectivity index (χ3n) is 3.27. The smallest absolute Gasteiger partial charge is 0.348 e. The number of thiophene rings is 1. The fourth-order valence-electron chi connectivity index (χ4n) is 1.81. The van der Waals surface area contributed by atoms with Crippen LogP contribution in [0.1, 0.15) is 41.9 Å². The molecule has 1 amide bonds. The van der Waals surface area contributed by atoms with Crippen molar-refractivity contribution >= 4 is 28.2 Å². The lowest BCUT2D eigenvalue weighted by molar-refractivity contribution is -0.126. The summed E-state index contributed by atoms with van der Waals surface area (Å²) in [6.45, 7) is 6.31. The number of hydrogen-bond acceptors (Lipinski definition) is 5. The molecule has 0 aliphatic heterocycles. The summed E-state index contributed by atoms with van der Waals surface area (Å²) in [6, 6.07) is 1.78. The molecule has 1 heterocycles. The molecule has 0 spiro atoms. The van der Waals surface area contributed by atoms with Crippen LogP contribution in [0, 0.1) is 12.8 Å². The zero-order chi connectivity index (χ0) is 15.4. The van der Waals surface area contributed by atoms with Gasteiger partial charge >= 0.3 is 5.97 Å². The molecule has 1 fully saturated rings. The number of hydrogen-bond donors (Lipinski definition) is 1. The number of esters is 1. The number of nitrogens with one attached hydrogen (secondary N) is 1. The van der Waals surface area contributed by atoms with Gasteiger partial charge in [0.25, 0.3) is 5.91 Å². The molecular formula is C15H21NO4S. The highest BCUT2D eigenvalue weighted by Crippen LogP contribution is 2.30. The van der Waals surface area contributed by atoms with E-state index in [0.29, 0.717) is 29.0 Å². The van der Waals surface area contributed by atoms with Crippen molar-refractivity contribution in [1.82, 2.24) is 0 Å². The fraction of sp³-hybridized carbons (Fsp3) is 0.600. The quantitative estimate of drug-likeness (QED) is 0.786. The molecule has 1 aliphatic rings. The highest BCUT2D eigenvalue weighted by Gasteiger charge is 2.24. The number of amides is 1. The van der Waals surface area contributed by atoms with Crippen molar-refractivity contribution in [3.8, 4) is 0 Å². The summed E-state index contributed by atoms with van der Waals surface area (Å²) in [5.41, 5.74) is 0.806. The SMILES string of the molecule is CCOC(=O)c1sc(NC(=O)C(C)OCC2CC2)cc1C.